The van der Waals surface area contributed by atoms with Gasteiger partial charge in [-0.3, -0.25) is 9.69 Å². The summed E-state index contributed by atoms with van der Waals surface area (Å²) in [5, 5.41) is 5.56. The van der Waals surface area contributed by atoms with Crippen molar-refractivity contribution in [3.63, 3.8) is 0 Å². The Morgan fingerprint density at radius 3 is 2.88 bits per heavy atom. The van der Waals surface area contributed by atoms with E-state index in [2.05, 4.69) is 57.8 Å². The molecule has 0 radical (unpaired) electrons. The lowest BCUT2D eigenvalue weighted by atomic mass is 9.93. The first-order valence-electron chi connectivity index (χ1n) is 9.09. The number of hydrogen-bond donors (Lipinski definition) is 1. The Morgan fingerprint density at radius 1 is 1.24 bits per heavy atom. The molecule has 1 N–H and O–H groups in total. The molecule has 1 saturated heterocycles. The smallest absolute Gasteiger partial charge is 0.237 e. The van der Waals surface area contributed by atoms with E-state index in [0.29, 0.717) is 12.6 Å². The standard InChI is InChI=1S/C20H25N3OS/c1-15-13-21-9-11-22(15)14-19(24)23-10-7-18-17(8-12-25-18)20(23)16-5-3-2-4-6-16/h2-6,8,12,15,20-21H,7,9-11,13-14H2,1H3/t15-,20?/m1/s1. The molecule has 3 heterocycles. The maximum absolute atomic E-state index is 13.2. The van der Waals surface area contributed by atoms with E-state index in [-0.39, 0.29) is 11.9 Å². The lowest BCUT2D eigenvalue weighted by Gasteiger charge is -2.39. The average Bonchev–Trinajstić information content (AvgIpc) is 3.12. The van der Waals surface area contributed by atoms with Crippen LogP contribution in [0.5, 0.6) is 0 Å². The van der Waals surface area contributed by atoms with Crippen LogP contribution in [0.1, 0.15) is 29.0 Å². The Labute approximate surface area is 153 Å². The van der Waals surface area contributed by atoms with Crippen LogP contribution in [-0.4, -0.2) is 54.5 Å². The van der Waals surface area contributed by atoms with Crippen molar-refractivity contribution >= 4 is 17.2 Å². The number of fused-ring (bicyclic) bond motifs is 1. The number of carbonyl (C=O) groups excluding carboxylic acids is 1. The summed E-state index contributed by atoms with van der Waals surface area (Å²) in [7, 11) is 0. The largest absolute Gasteiger partial charge is 0.330 e. The van der Waals surface area contributed by atoms with Gasteiger partial charge in [0.1, 0.15) is 0 Å². The van der Waals surface area contributed by atoms with Gasteiger partial charge in [0.2, 0.25) is 5.91 Å². The molecule has 2 aliphatic heterocycles. The van der Waals surface area contributed by atoms with Crippen LogP contribution in [0.25, 0.3) is 0 Å². The molecular weight excluding hydrogens is 330 g/mol. The Bertz CT molecular complexity index is 730. The average molecular weight is 356 g/mol. The van der Waals surface area contributed by atoms with Crippen molar-refractivity contribution in [3.05, 3.63) is 57.8 Å². The molecule has 132 valence electrons. The Balaban J connectivity index is 1.60. The van der Waals surface area contributed by atoms with Crippen molar-refractivity contribution in [3.8, 4) is 0 Å². The molecule has 0 spiro atoms. The molecule has 2 atom stereocenters. The minimum atomic E-state index is 0.0573. The lowest BCUT2D eigenvalue weighted by Crippen LogP contribution is -2.54. The van der Waals surface area contributed by atoms with Gasteiger partial charge in [-0.15, -0.1) is 11.3 Å². The van der Waals surface area contributed by atoms with Crippen molar-refractivity contribution in [2.24, 2.45) is 0 Å². The van der Waals surface area contributed by atoms with Crippen LogP contribution in [0, 0.1) is 0 Å². The summed E-state index contributed by atoms with van der Waals surface area (Å²) in [5.74, 6) is 0.249. The number of hydrogen-bond acceptors (Lipinski definition) is 4. The van der Waals surface area contributed by atoms with E-state index in [9.17, 15) is 4.79 Å². The predicted molar refractivity (Wildman–Crippen MR) is 102 cm³/mol. The van der Waals surface area contributed by atoms with E-state index < -0.39 is 0 Å². The van der Waals surface area contributed by atoms with E-state index in [0.717, 1.165) is 32.6 Å². The fourth-order valence-electron chi connectivity index (χ4n) is 3.96. The van der Waals surface area contributed by atoms with Crippen molar-refractivity contribution < 1.29 is 4.79 Å². The normalized spacial score (nSPS) is 24.1. The Morgan fingerprint density at radius 2 is 2.08 bits per heavy atom. The summed E-state index contributed by atoms with van der Waals surface area (Å²) in [5.41, 5.74) is 2.52. The minimum absolute atomic E-state index is 0.0573. The SMILES string of the molecule is C[C@@H]1CNCCN1CC(=O)N1CCc2sccc2C1c1ccccc1. The number of nitrogens with zero attached hydrogens (tertiary/aromatic N) is 2. The number of benzene rings is 1. The molecule has 1 fully saturated rings. The fourth-order valence-corrected chi connectivity index (χ4v) is 4.87. The van der Waals surface area contributed by atoms with Gasteiger partial charge >= 0.3 is 0 Å². The predicted octanol–water partition coefficient (Wildman–Crippen LogP) is 2.52. The molecule has 2 aliphatic rings. The molecule has 1 aromatic heterocycles. The molecule has 25 heavy (non-hydrogen) atoms. The second kappa shape index (κ2) is 7.28. The van der Waals surface area contributed by atoms with Gasteiger partial charge in [-0.2, -0.15) is 0 Å². The maximum atomic E-state index is 13.2. The number of rotatable bonds is 3. The van der Waals surface area contributed by atoms with Crippen LogP contribution in [0.2, 0.25) is 0 Å². The van der Waals surface area contributed by atoms with E-state index in [1.165, 1.54) is 16.0 Å². The lowest BCUT2D eigenvalue weighted by molar-refractivity contribution is -0.135. The van der Waals surface area contributed by atoms with Gasteiger partial charge in [0.05, 0.1) is 12.6 Å². The summed E-state index contributed by atoms with van der Waals surface area (Å²) in [6, 6.07) is 13.1. The van der Waals surface area contributed by atoms with Crippen molar-refractivity contribution in [2.45, 2.75) is 25.4 Å². The van der Waals surface area contributed by atoms with E-state index in [4.69, 9.17) is 0 Å². The van der Waals surface area contributed by atoms with Crippen molar-refractivity contribution in [1.29, 1.82) is 0 Å². The van der Waals surface area contributed by atoms with Gasteiger partial charge < -0.3 is 10.2 Å². The molecule has 1 unspecified atom stereocenters. The number of carbonyl (C=O) groups is 1. The monoisotopic (exact) mass is 355 g/mol. The third-order valence-corrected chi connectivity index (χ3v) is 6.38. The molecule has 1 aromatic carbocycles. The Hall–Kier alpha value is -1.69. The molecule has 4 nitrogen and oxygen atoms in total. The fraction of sp³-hybridized carbons (Fsp3) is 0.450. The first kappa shape index (κ1) is 16.8. The first-order chi connectivity index (χ1) is 12.2. The van der Waals surface area contributed by atoms with E-state index in [1.807, 2.05) is 17.4 Å². The number of nitrogens with one attached hydrogen (secondary N) is 1. The summed E-state index contributed by atoms with van der Waals surface area (Å²) in [6.45, 7) is 6.40. The van der Waals surface area contributed by atoms with Crippen LogP contribution in [0.15, 0.2) is 41.8 Å². The summed E-state index contributed by atoms with van der Waals surface area (Å²) in [4.78, 5) is 19.0. The van der Waals surface area contributed by atoms with Gasteiger partial charge in [0, 0.05) is 37.1 Å². The van der Waals surface area contributed by atoms with Gasteiger partial charge in [-0.05, 0) is 35.9 Å². The van der Waals surface area contributed by atoms with E-state index in [1.54, 1.807) is 0 Å². The van der Waals surface area contributed by atoms with Gasteiger partial charge in [0.15, 0.2) is 0 Å². The molecule has 1 amide bonds. The summed E-state index contributed by atoms with van der Waals surface area (Å²) < 4.78 is 0. The Kier molecular flexibility index (Phi) is 4.88. The summed E-state index contributed by atoms with van der Waals surface area (Å²) >= 11 is 1.82. The van der Waals surface area contributed by atoms with Crippen LogP contribution in [0.4, 0.5) is 0 Å². The van der Waals surface area contributed by atoms with Crippen molar-refractivity contribution in [2.75, 3.05) is 32.7 Å². The molecule has 0 bridgehead atoms. The van der Waals surface area contributed by atoms with Crippen LogP contribution in [-0.2, 0) is 11.2 Å². The summed E-state index contributed by atoms with van der Waals surface area (Å²) in [6.07, 6.45) is 0.971. The highest BCUT2D eigenvalue weighted by Gasteiger charge is 2.34. The number of piperazine rings is 1. The first-order valence-corrected chi connectivity index (χ1v) is 9.97. The van der Waals surface area contributed by atoms with Crippen LogP contribution >= 0.6 is 11.3 Å². The van der Waals surface area contributed by atoms with E-state index >= 15 is 0 Å². The molecule has 5 heteroatoms. The third-order valence-electron chi connectivity index (χ3n) is 5.38. The second-order valence-electron chi connectivity index (χ2n) is 6.97. The highest BCUT2D eigenvalue weighted by atomic mass is 32.1. The second-order valence-corrected chi connectivity index (χ2v) is 7.97. The van der Waals surface area contributed by atoms with Crippen LogP contribution in [0.3, 0.4) is 0 Å². The van der Waals surface area contributed by atoms with Crippen molar-refractivity contribution in [1.82, 2.24) is 15.1 Å². The number of amides is 1. The zero-order chi connectivity index (χ0) is 17.2. The maximum Gasteiger partial charge on any atom is 0.237 e. The van der Waals surface area contributed by atoms with Gasteiger partial charge in [-0.25, -0.2) is 0 Å². The molecular formula is C20H25N3OS. The molecule has 0 aliphatic carbocycles. The molecule has 0 saturated carbocycles. The quantitative estimate of drug-likeness (QED) is 0.919. The van der Waals surface area contributed by atoms with Crippen LogP contribution < -0.4 is 5.32 Å². The topological polar surface area (TPSA) is 35.6 Å². The minimum Gasteiger partial charge on any atom is -0.330 e. The molecule has 4 rings (SSSR count). The third kappa shape index (κ3) is 3.36. The zero-order valence-electron chi connectivity index (χ0n) is 14.6. The zero-order valence-corrected chi connectivity index (χ0v) is 15.5. The number of thiophene rings is 1. The van der Waals surface area contributed by atoms with Gasteiger partial charge in [-0.1, -0.05) is 30.3 Å². The highest BCUT2D eigenvalue weighted by Crippen LogP contribution is 2.37. The van der Waals surface area contributed by atoms with Gasteiger partial charge in [0.25, 0.3) is 0 Å². The molecule has 2 aromatic rings. The highest BCUT2D eigenvalue weighted by molar-refractivity contribution is 7.10.